The van der Waals surface area contributed by atoms with Gasteiger partial charge in [0, 0.05) is 53.3 Å². The van der Waals surface area contributed by atoms with Crippen LogP contribution in [0.25, 0.3) is 17.0 Å². The van der Waals surface area contributed by atoms with Gasteiger partial charge >= 0.3 is 0 Å². The Morgan fingerprint density at radius 2 is 1.87 bits per heavy atom. The van der Waals surface area contributed by atoms with Crippen molar-refractivity contribution in [2.75, 3.05) is 18.4 Å². The van der Waals surface area contributed by atoms with Gasteiger partial charge in [0.25, 0.3) is 5.91 Å². The topological polar surface area (TPSA) is 104 Å². The highest BCUT2D eigenvalue weighted by Crippen LogP contribution is 2.31. The summed E-state index contributed by atoms with van der Waals surface area (Å²) in [7, 11) is 0. The predicted molar refractivity (Wildman–Crippen MR) is 151 cm³/mol. The Morgan fingerprint density at radius 1 is 1.11 bits per heavy atom. The zero-order chi connectivity index (χ0) is 26.9. The van der Waals surface area contributed by atoms with Crippen molar-refractivity contribution < 1.29 is 9.59 Å². The second-order valence-corrected chi connectivity index (χ2v) is 11.7. The average Bonchev–Trinajstić information content (AvgIpc) is 3.54. The summed E-state index contributed by atoms with van der Waals surface area (Å²) >= 11 is 1.39. The maximum Gasteiger partial charge on any atom is 0.259 e. The van der Waals surface area contributed by atoms with Gasteiger partial charge in [0.15, 0.2) is 0 Å². The highest BCUT2D eigenvalue weighted by molar-refractivity contribution is 7.15. The number of nitrogens with zero attached hydrogens (tertiary/aromatic N) is 4. The molecule has 1 aliphatic rings. The number of pyridine rings is 1. The quantitative estimate of drug-likeness (QED) is 0.324. The normalized spacial score (nSPS) is 14.9. The zero-order valence-corrected chi connectivity index (χ0v) is 22.9. The summed E-state index contributed by atoms with van der Waals surface area (Å²) in [6.07, 6.45) is 6.93. The molecule has 2 N–H and O–H groups in total. The molecule has 0 radical (unpaired) electrons. The Hall–Kier alpha value is -3.85. The molecule has 3 aromatic heterocycles. The molecule has 196 valence electrons. The summed E-state index contributed by atoms with van der Waals surface area (Å²) in [6.45, 7) is 9.36. The van der Waals surface area contributed by atoms with Gasteiger partial charge in [0.1, 0.15) is 5.01 Å². The first-order valence-corrected chi connectivity index (χ1v) is 13.7. The van der Waals surface area contributed by atoms with Gasteiger partial charge in [-0.3, -0.25) is 19.9 Å². The number of H-pyrrole nitrogens is 1. The number of nitrogens with one attached hydrogen (secondary N) is 2. The molecule has 5 rings (SSSR count). The van der Waals surface area contributed by atoms with Crippen LogP contribution < -0.4 is 5.32 Å². The van der Waals surface area contributed by atoms with Crippen LogP contribution in [0, 0.1) is 6.92 Å². The maximum atomic E-state index is 13.2. The third-order valence-corrected chi connectivity index (χ3v) is 8.08. The number of carbonyl (C=O) groups excluding carboxylic acids is 2. The fourth-order valence-electron chi connectivity index (χ4n) is 4.69. The van der Waals surface area contributed by atoms with Crippen LogP contribution in [0.1, 0.15) is 71.8 Å². The van der Waals surface area contributed by atoms with E-state index < -0.39 is 0 Å². The van der Waals surface area contributed by atoms with Crippen LogP contribution in [-0.4, -0.2) is 50.0 Å². The van der Waals surface area contributed by atoms with E-state index in [0.29, 0.717) is 23.8 Å². The van der Waals surface area contributed by atoms with E-state index in [4.69, 9.17) is 4.98 Å². The summed E-state index contributed by atoms with van der Waals surface area (Å²) in [4.78, 5) is 36.0. The third kappa shape index (κ3) is 5.52. The molecule has 0 aliphatic carbocycles. The SMILES string of the molecule is Cc1ccc(C(=O)Nc2nnc(C(C)(C)C)s2)c(C2CCN(C(=O)/C=C/c3c[nH]c4ccccc34)CC2)n1. The summed E-state index contributed by atoms with van der Waals surface area (Å²) in [5.74, 6) is -0.143. The number of aromatic nitrogens is 4. The van der Waals surface area contributed by atoms with Gasteiger partial charge in [-0.25, -0.2) is 0 Å². The molecule has 4 heterocycles. The summed E-state index contributed by atoms with van der Waals surface area (Å²) < 4.78 is 0. The van der Waals surface area contributed by atoms with E-state index in [0.717, 1.165) is 45.7 Å². The molecule has 8 nitrogen and oxygen atoms in total. The van der Waals surface area contributed by atoms with Crippen molar-refractivity contribution >= 4 is 45.3 Å². The third-order valence-electron chi connectivity index (χ3n) is 6.82. The van der Waals surface area contributed by atoms with Gasteiger partial charge in [0.2, 0.25) is 11.0 Å². The molecular formula is C29H32N6O2S. The highest BCUT2D eigenvalue weighted by Gasteiger charge is 2.28. The number of carbonyl (C=O) groups is 2. The van der Waals surface area contributed by atoms with E-state index in [1.54, 1.807) is 6.08 Å². The Kier molecular flexibility index (Phi) is 7.12. The number of piperidine rings is 1. The van der Waals surface area contributed by atoms with Crippen LogP contribution >= 0.6 is 11.3 Å². The van der Waals surface area contributed by atoms with E-state index in [-0.39, 0.29) is 23.1 Å². The number of rotatable bonds is 5. The van der Waals surface area contributed by atoms with Crippen molar-refractivity contribution in [3.05, 3.63) is 76.2 Å². The van der Waals surface area contributed by atoms with Crippen molar-refractivity contribution in [2.24, 2.45) is 0 Å². The number of amides is 2. The number of anilines is 1. The minimum Gasteiger partial charge on any atom is -0.361 e. The van der Waals surface area contributed by atoms with Gasteiger partial charge in [-0.05, 0) is 49.6 Å². The smallest absolute Gasteiger partial charge is 0.259 e. The lowest BCUT2D eigenvalue weighted by atomic mass is 9.89. The number of aromatic amines is 1. The Morgan fingerprint density at radius 3 is 2.61 bits per heavy atom. The molecule has 38 heavy (non-hydrogen) atoms. The maximum absolute atomic E-state index is 13.2. The molecule has 0 spiro atoms. The zero-order valence-electron chi connectivity index (χ0n) is 22.1. The molecule has 2 amide bonds. The van der Waals surface area contributed by atoms with Crippen molar-refractivity contribution in [1.82, 2.24) is 25.1 Å². The molecule has 9 heteroatoms. The van der Waals surface area contributed by atoms with Gasteiger partial charge in [-0.1, -0.05) is 50.3 Å². The second-order valence-electron chi connectivity index (χ2n) is 10.7. The van der Waals surface area contributed by atoms with Crippen LogP contribution in [0.2, 0.25) is 0 Å². The lowest BCUT2D eigenvalue weighted by Crippen LogP contribution is -2.37. The van der Waals surface area contributed by atoms with E-state index in [1.807, 2.05) is 60.5 Å². The molecule has 1 aliphatic heterocycles. The van der Waals surface area contributed by atoms with Gasteiger partial charge < -0.3 is 9.88 Å². The van der Waals surface area contributed by atoms with Gasteiger partial charge in [0.05, 0.1) is 11.3 Å². The predicted octanol–water partition coefficient (Wildman–Crippen LogP) is 5.69. The number of aryl methyl sites for hydroxylation is 1. The number of likely N-dealkylation sites (tertiary alicyclic amines) is 1. The Bertz CT molecular complexity index is 1500. The van der Waals surface area contributed by atoms with E-state index >= 15 is 0 Å². The van der Waals surface area contributed by atoms with Crippen LogP contribution in [0.15, 0.2) is 48.7 Å². The molecule has 0 unspecified atom stereocenters. The lowest BCUT2D eigenvalue weighted by Gasteiger charge is -2.31. The second kappa shape index (κ2) is 10.5. The van der Waals surface area contributed by atoms with Crippen LogP contribution in [0.5, 0.6) is 0 Å². The van der Waals surface area contributed by atoms with E-state index in [2.05, 4.69) is 41.3 Å². The first-order valence-electron chi connectivity index (χ1n) is 12.8. The van der Waals surface area contributed by atoms with Gasteiger partial charge in [-0.2, -0.15) is 0 Å². The van der Waals surface area contributed by atoms with Crippen molar-refractivity contribution in [3.63, 3.8) is 0 Å². The number of benzene rings is 1. The van der Waals surface area contributed by atoms with E-state index in [9.17, 15) is 9.59 Å². The minimum atomic E-state index is -0.232. The molecular weight excluding hydrogens is 496 g/mol. The largest absolute Gasteiger partial charge is 0.361 e. The Labute approximate surface area is 226 Å². The Balaban J connectivity index is 1.25. The summed E-state index contributed by atoms with van der Waals surface area (Å²) in [5.41, 5.74) is 4.10. The highest BCUT2D eigenvalue weighted by atomic mass is 32.1. The standard InChI is InChI=1S/C29H32N6O2S/c1-18-9-11-22(26(37)32-28-34-33-27(38-28)29(2,3)4)25(31-18)19-13-15-35(16-14-19)24(36)12-10-20-17-30-23-8-6-5-7-21(20)23/h5-12,17,19,30H,13-16H2,1-4H3,(H,32,34,37)/b12-10+. The molecule has 1 aromatic carbocycles. The fraction of sp³-hybridized carbons (Fsp3) is 0.345. The molecule has 0 bridgehead atoms. The molecule has 1 fully saturated rings. The summed E-state index contributed by atoms with van der Waals surface area (Å²) in [5, 5.41) is 13.7. The molecule has 4 aromatic rings. The lowest BCUT2D eigenvalue weighted by molar-refractivity contribution is -0.127. The molecule has 0 atom stereocenters. The van der Waals surface area contributed by atoms with Crippen LogP contribution in [-0.2, 0) is 10.2 Å². The molecule has 1 saturated heterocycles. The monoisotopic (exact) mass is 528 g/mol. The van der Waals surface area contributed by atoms with E-state index in [1.165, 1.54) is 11.3 Å². The van der Waals surface area contributed by atoms with Crippen LogP contribution in [0.4, 0.5) is 5.13 Å². The van der Waals surface area contributed by atoms with Crippen molar-refractivity contribution in [2.45, 2.75) is 51.9 Å². The van der Waals surface area contributed by atoms with Crippen LogP contribution in [0.3, 0.4) is 0 Å². The number of hydrogen-bond donors (Lipinski definition) is 2. The van der Waals surface area contributed by atoms with Crippen molar-refractivity contribution in [1.29, 1.82) is 0 Å². The summed E-state index contributed by atoms with van der Waals surface area (Å²) in [6, 6.07) is 11.7. The molecule has 0 saturated carbocycles. The minimum absolute atomic E-state index is 0.00480. The van der Waals surface area contributed by atoms with Gasteiger partial charge in [-0.15, -0.1) is 10.2 Å². The number of para-hydroxylation sites is 1. The fourth-order valence-corrected chi connectivity index (χ4v) is 5.49. The van der Waals surface area contributed by atoms with Crippen molar-refractivity contribution in [3.8, 4) is 0 Å². The average molecular weight is 529 g/mol. The first-order chi connectivity index (χ1) is 18.2. The number of hydrogen-bond acceptors (Lipinski definition) is 6. The first kappa shape index (κ1) is 25.8. The number of fused-ring (bicyclic) bond motifs is 1.